The summed E-state index contributed by atoms with van der Waals surface area (Å²) in [7, 11) is 0. The zero-order valence-electron chi connectivity index (χ0n) is 17.3. The van der Waals surface area contributed by atoms with Crippen LogP contribution in [0, 0.1) is 5.41 Å². The van der Waals surface area contributed by atoms with Crippen molar-refractivity contribution >= 4 is 17.9 Å². The number of rotatable bonds is 6. The van der Waals surface area contributed by atoms with E-state index in [0.717, 1.165) is 44.5 Å². The number of hydrogen-bond acceptors (Lipinski definition) is 4. The Bertz CT molecular complexity index is 822. The highest BCUT2D eigenvalue weighted by Gasteiger charge is 2.58. The highest BCUT2D eigenvalue weighted by molar-refractivity contribution is 5.90. The second-order valence-electron chi connectivity index (χ2n) is 8.36. The van der Waals surface area contributed by atoms with E-state index in [1.54, 1.807) is 0 Å². The van der Waals surface area contributed by atoms with Gasteiger partial charge < -0.3 is 9.47 Å². The minimum atomic E-state index is -0.503. The molecule has 0 spiro atoms. The van der Waals surface area contributed by atoms with Crippen LogP contribution in [0.2, 0.25) is 0 Å². The van der Waals surface area contributed by atoms with Gasteiger partial charge in [-0.1, -0.05) is 24.3 Å². The van der Waals surface area contributed by atoms with Gasteiger partial charge in [0.1, 0.15) is 0 Å². The number of carbonyl (C=O) groups is 2. The van der Waals surface area contributed by atoms with Gasteiger partial charge in [-0.05, 0) is 60.8 Å². The molecular weight excluding hydrogens is 368 g/mol. The van der Waals surface area contributed by atoms with Gasteiger partial charge >= 0.3 is 0 Å². The molecule has 1 saturated heterocycles. The van der Waals surface area contributed by atoms with E-state index >= 15 is 0 Å². The lowest BCUT2D eigenvalue weighted by Gasteiger charge is -2.27. The molecule has 29 heavy (non-hydrogen) atoms. The summed E-state index contributed by atoms with van der Waals surface area (Å²) in [6.07, 6.45) is 5.95. The number of hydrazine groups is 1. The Balaban J connectivity index is 1.62. The van der Waals surface area contributed by atoms with E-state index in [2.05, 4.69) is 35.1 Å². The summed E-state index contributed by atoms with van der Waals surface area (Å²) in [5.41, 5.74) is 9.47. The van der Waals surface area contributed by atoms with Crippen molar-refractivity contribution in [2.75, 3.05) is 26.4 Å². The van der Waals surface area contributed by atoms with Crippen LogP contribution in [0.4, 0.5) is 0 Å². The van der Waals surface area contributed by atoms with Gasteiger partial charge in [-0.2, -0.15) is 0 Å². The van der Waals surface area contributed by atoms with E-state index in [1.807, 2.05) is 6.92 Å². The SMILES string of the molecule is CCOCC1=Cc2cc(C3CCOCC3)ccc2C1C1(C(=O)NNC(C)=O)CC1. The predicted octanol–water partition coefficient (Wildman–Crippen LogP) is 3.05. The second kappa shape index (κ2) is 8.28. The van der Waals surface area contributed by atoms with Crippen molar-refractivity contribution < 1.29 is 19.1 Å². The fourth-order valence-electron chi connectivity index (χ4n) is 4.80. The van der Waals surface area contributed by atoms with Crippen LogP contribution in [0.5, 0.6) is 0 Å². The molecule has 2 N–H and O–H groups in total. The van der Waals surface area contributed by atoms with Crippen LogP contribution in [0.3, 0.4) is 0 Å². The number of ether oxygens (including phenoxy) is 2. The number of benzene rings is 1. The van der Waals surface area contributed by atoms with Gasteiger partial charge in [0.05, 0.1) is 12.0 Å². The summed E-state index contributed by atoms with van der Waals surface area (Å²) in [6.45, 7) is 6.18. The molecule has 4 rings (SSSR count). The minimum Gasteiger partial charge on any atom is -0.381 e. The number of carbonyl (C=O) groups excluding carboxylic acids is 2. The third-order valence-electron chi connectivity index (χ3n) is 6.44. The smallest absolute Gasteiger partial charge is 0.245 e. The average molecular weight is 399 g/mol. The zero-order valence-corrected chi connectivity index (χ0v) is 17.3. The Morgan fingerprint density at radius 1 is 1.21 bits per heavy atom. The molecule has 1 heterocycles. The van der Waals surface area contributed by atoms with Crippen LogP contribution in [0.15, 0.2) is 23.8 Å². The van der Waals surface area contributed by atoms with E-state index in [1.165, 1.54) is 23.6 Å². The van der Waals surface area contributed by atoms with Gasteiger partial charge in [0.15, 0.2) is 0 Å². The van der Waals surface area contributed by atoms with E-state index < -0.39 is 5.41 Å². The van der Waals surface area contributed by atoms with Gasteiger partial charge in [0, 0.05) is 32.7 Å². The lowest BCUT2D eigenvalue weighted by molar-refractivity contribution is -0.131. The molecular formula is C23H30N2O4. The van der Waals surface area contributed by atoms with E-state index in [-0.39, 0.29) is 17.7 Å². The molecule has 2 amide bonds. The van der Waals surface area contributed by atoms with Crippen molar-refractivity contribution in [3.05, 3.63) is 40.5 Å². The Morgan fingerprint density at radius 2 is 1.97 bits per heavy atom. The molecule has 1 unspecified atom stereocenters. The molecule has 2 aliphatic carbocycles. The molecule has 2 fully saturated rings. The summed E-state index contributed by atoms with van der Waals surface area (Å²) in [6, 6.07) is 6.71. The van der Waals surface area contributed by atoms with Gasteiger partial charge in [-0.15, -0.1) is 0 Å². The van der Waals surface area contributed by atoms with Crippen LogP contribution in [0.25, 0.3) is 6.08 Å². The quantitative estimate of drug-likeness (QED) is 0.722. The monoisotopic (exact) mass is 398 g/mol. The lowest BCUT2D eigenvalue weighted by atomic mass is 9.79. The van der Waals surface area contributed by atoms with Crippen molar-refractivity contribution in [2.24, 2.45) is 5.41 Å². The first-order valence-electron chi connectivity index (χ1n) is 10.6. The first-order chi connectivity index (χ1) is 14.0. The van der Waals surface area contributed by atoms with E-state index in [9.17, 15) is 9.59 Å². The predicted molar refractivity (Wildman–Crippen MR) is 110 cm³/mol. The van der Waals surface area contributed by atoms with E-state index in [0.29, 0.717) is 19.1 Å². The molecule has 3 aliphatic rings. The van der Waals surface area contributed by atoms with Crippen LogP contribution in [-0.2, 0) is 19.1 Å². The van der Waals surface area contributed by atoms with Gasteiger partial charge in [0.2, 0.25) is 11.8 Å². The number of nitrogens with one attached hydrogen (secondary N) is 2. The molecule has 6 nitrogen and oxygen atoms in total. The Kier molecular flexibility index (Phi) is 5.74. The van der Waals surface area contributed by atoms with Crippen LogP contribution in [0.1, 0.15) is 68.1 Å². The summed E-state index contributed by atoms with van der Waals surface area (Å²) in [5.74, 6) is 0.157. The fourth-order valence-corrected chi connectivity index (χ4v) is 4.80. The standard InChI is InChI=1S/C23H30N2O4/c1-3-28-14-19-13-18-12-17(16-6-10-29-11-7-16)4-5-20(18)21(19)23(8-9-23)22(27)25-24-15(2)26/h4-5,12-13,16,21H,3,6-11,14H2,1-2H3,(H,24,26)(H,25,27). The molecule has 0 bridgehead atoms. The summed E-state index contributed by atoms with van der Waals surface area (Å²) < 4.78 is 11.2. The third-order valence-corrected chi connectivity index (χ3v) is 6.44. The van der Waals surface area contributed by atoms with Gasteiger partial charge in [-0.25, -0.2) is 0 Å². The van der Waals surface area contributed by atoms with Crippen molar-refractivity contribution in [3.63, 3.8) is 0 Å². The Morgan fingerprint density at radius 3 is 2.62 bits per heavy atom. The van der Waals surface area contributed by atoms with Crippen molar-refractivity contribution in [1.82, 2.24) is 10.9 Å². The average Bonchev–Trinajstić information content (AvgIpc) is 3.45. The molecule has 1 atom stereocenters. The third kappa shape index (κ3) is 3.96. The number of amides is 2. The normalized spacial score (nSPS) is 22.6. The lowest BCUT2D eigenvalue weighted by Crippen LogP contribution is -2.46. The molecule has 6 heteroatoms. The van der Waals surface area contributed by atoms with Crippen LogP contribution >= 0.6 is 0 Å². The minimum absolute atomic E-state index is 0.00143. The molecule has 1 aromatic carbocycles. The summed E-state index contributed by atoms with van der Waals surface area (Å²) in [5, 5.41) is 0. The maximum atomic E-state index is 13.0. The first-order valence-corrected chi connectivity index (χ1v) is 10.6. The van der Waals surface area contributed by atoms with Crippen molar-refractivity contribution in [1.29, 1.82) is 0 Å². The summed E-state index contributed by atoms with van der Waals surface area (Å²) in [4.78, 5) is 24.2. The maximum absolute atomic E-state index is 13.0. The Hall–Kier alpha value is -2.18. The fraction of sp³-hybridized carbons (Fsp3) is 0.565. The molecule has 1 aliphatic heterocycles. The van der Waals surface area contributed by atoms with E-state index in [4.69, 9.17) is 9.47 Å². The van der Waals surface area contributed by atoms with Gasteiger partial charge in [0.25, 0.3) is 0 Å². The topological polar surface area (TPSA) is 76.7 Å². The zero-order chi connectivity index (χ0) is 20.4. The number of hydrogen-bond donors (Lipinski definition) is 2. The molecule has 1 aromatic rings. The highest BCUT2D eigenvalue weighted by atomic mass is 16.5. The largest absolute Gasteiger partial charge is 0.381 e. The van der Waals surface area contributed by atoms with Crippen molar-refractivity contribution in [2.45, 2.75) is 51.4 Å². The molecule has 0 radical (unpaired) electrons. The maximum Gasteiger partial charge on any atom is 0.245 e. The van der Waals surface area contributed by atoms with Crippen LogP contribution in [-0.4, -0.2) is 38.2 Å². The van der Waals surface area contributed by atoms with Gasteiger partial charge in [-0.3, -0.25) is 20.4 Å². The van der Waals surface area contributed by atoms with Crippen molar-refractivity contribution in [3.8, 4) is 0 Å². The highest BCUT2D eigenvalue weighted by Crippen LogP contribution is 2.61. The Labute approximate surface area is 172 Å². The second-order valence-corrected chi connectivity index (χ2v) is 8.36. The molecule has 156 valence electrons. The summed E-state index contributed by atoms with van der Waals surface area (Å²) >= 11 is 0. The van der Waals surface area contributed by atoms with Crippen LogP contribution < -0.4 is 10.9 Å². The molecule has 0 aromatic heterocycles. The molecule has 1 saturated carbocycles. The first kappa shape index (κ1) is 20.1. The number of fused-ring (bicyclic) bond motifs is 1.